The maximum Gasteiger partial charge on any atom is 0.0410 e. The molecule has 0 saturated heterocycles. The minimum Gasteiger partial charge on any atom is -0.319 e. The van der Waals surface area contributed by atoms with Gasteiger partial charge in [-0.2, -0.15) is 0 Å². The zero-order chi connectivity index (χ0) is 11.3. The van der Waals surface area contributed by atoms with Crippen molar-refractivity contribution in [3.05, 3.63) is 28.5 Å². The van der Waals surface area contributed by atoms with Gasteiger partial charge in [0.15, 0.2) is 0 Å². The highest BCUT2D eigenvalue weighted by Crippen LogP contribution is 2.18. The molecule has 1 rings (SSSR count). The Balaban J connectivity index is 2.65. The molecule has 15 heavy (non-hydrogen) atoms. The number of nitrogens with one attached hydrogen (secondary N) is 1. The Morgan fingerprint density at radius 1 is 1.40 bits per heavy atom. The smallest absolute Gasteiger partial charge is 0.0410 e. The lowest BCUT2D eigenvalue weighted by Crippen LogP contribution is -2.25. The summed E-state index contributed by atoms with van der Waals surface area (Å²) in [4.78, 5) is 4.19. The lowest BCUT2D eigenvalue weighted by atomic mass is 9.90. The third-order valence-electron chi connectivity index (χ3n) is 2.67. The van der Waals surface area contributed by atoms with Gasteiger partial charge in [0.1, 0.15) is 0 Å². The SMILES string of the molecule is CNCC(Cc1cncc(Br)c1)C(C)C. The van der Waals surface area contributed by atoms with Crippen LogP contribution in [0, 0.1) is 11.8 Å². The summed E-state index contributed by atoms with van der Waals surface area (Å²) in [6.45, 7) is 5.60. The number of hydrogen-bond acceptors (Lipinski definition) is 2. The van der Waals surface area contributed by atoms with Crippen LogP contribution in [0.2, 0.25) is 0 Å². The summed E-state index contributed by atoms with van der Waals surface area (Å²) < 4.78 is 1.06. The summed E-state index contributed by atoms with van der Waals surface area (Å²) >= 11 is 3.45. The second-order valence-electron chi connectivity index (χ2n) is 4.28. The van der Waals surface area contributed by atoms with E-state index in [1.807, 2.05) is 19.4 Å². The number of aromatic nitrogens is 1. The van der Waals surface area contributed by atoms with Gasteiger partial charge in [0.25, 0.3) is 0 Å². The van der Waals surface area contributed by atoms with Gasteiger partial charge in [-0.1, -0.05) is 13.8 Å². The molecule has 1 unspecified atom stereocenters. The normalized spacial score (nSPS) is 13.1. The number of pyridine rings is 1. The first-order valence-corrected chi connectivity index (χ1v) is 6.16. The first-order chi connectivity index (χ1) is 7.13. The zero-order valence-corrected chi connectivity index (χ0v) is 11.2. The van der Waals surface area contributed by atoms with Crippen LogP contribution in [0.1, 0.15) is 19.4 Å². The van der Waals surface area contributed by atoms with Crippen molar-refractivity contribution in [1.29, 1.82) is 0 Å². The van der Waals surface area contributed by atoms with Crippen molar-refractivity contribution >= 4 is 15.9 Å². The van der Waals surface area contributed by atoms with Crippen molar-refractivity contribution < 1.29 is 0 Å². The molecule has 0 saturated carbocycles. The zero-order valence-electron chi connectivity index (χ0n) is 9.63. The average Bonchev–Trinajstić information content (AvgIpc) is 2.17. The second kappa shape index (κ2) is 6.23. The minimum absolute atomic E-state index is 0.672. The molecule has 1 atom stereocenters. The number of rotatable bonds is 5. The van der Waals surface area contributed by atoms with E-state index in [-0.39, 0.29) is 0 Å². The van der Waals surface area contributed by atoms with Gasteiger partial charge in [0.05, 0.1) is 0 Å². The summed E-state index contributed by atoms with van der Waals surface area (Å²) in [6.07, 6.45) is 4.87. The van der Waals surface area contributed by atoms with E-state index in [1.54, 1.807) is 0 Å². The summed E-state index contributed by atoms with van der Waals surface area (Å²) in [7, 11) is 2.01. The summed E-state index contributed by atoms with van der Waals surface area (Å²) in [6, 6.07) is 2.15. The number of hydrogen-bond donors (Lipinski definition) is 1. The van der Waals surface area contributed by atoms with E-state index in [2.05, 4.69) is 46.1 Å². The lowest BCUT2D eigenvalue weighted by molar-refractivity contribution is 0.370. The molecular weight excluding hydrogens is 252 g/mol. The fraction of sp³-hybridized carbons (Fsp3) is 0.583. The predicted octanol–water partition coefficient (Wildman–Crippen LogP) is 2.88. The molecule has 1 heterocycles. The van der Waals surface area contributed by atoms with Crippen molar-refractivity contribution in [1.82, 2.24) is 10.3 Å². The Labute approximate surface area is 101 Å². The van der Waals surface area contributed by atoms with Crippen LogP contribution >= 0.6 is 15.9 Å². The van der Waals surface area contributed by atoms with Crippen LogP contribution in [0.4, 0.5) is 0 Å². The third kappa shape index (κ3) is 4.31. The van der Waals surface area contributed by atoms with Crippen LogP contribution in [-0.4, -0.2) is 18.6 Å². The fourth-order valence-electron chi connectivity index (χ4n) is 1.68. The Morgan fingerprint density at radius 3 is 2.67 bits per heavy atom. The first-order valence-electron chi connectivity index (χ1n) is 5.37. The van der Waals surface area contributed by atoms with Crippen molar-refractivity contribution in [2.75, 3.05) is 13.6 Å². The van der Waals surface area contributed by atoms with Crippen LogP contribution in [0.25, 0.3) is 0 Å². The number of halogens is 1. The molecule has 1 aromatic heterocycles. The molecule has 0 spiro atoms. The van der Waals surface area contributed by atoms with Crippen molar-refractivity contribution in [2.45, 2.75) is 20.3 Å². The highest BCUT2D eigenvalue weighted by atomic mass is 79.9. The highest BCUT2D eigenvalue weighted by Gasteiger charge is 2.13. The van der Waals surface area contributed by atoms with E-state index >= 15 is 0 Å². The third-order valence-corrected chi connectivity index (χ3v) is 3.10. The molecule has 0 aliphatic carbocycles. The molecule has 0 fully saturated rings. The van der Waals surface area contributed by atoms with Gasteiger partial charge in [0.2, 0.25) is 0 Å². The van der Waals surface area contributed by atoms with Gasteiger partial charge in [-0.3, -0.25) is 4.98 Å². The van der Waals surface area contributed by atoms with Gasteiger partial charge in [-0.15, -0.1) is 0 Å². The van der Waals surface area contributed by atoms with E-state index in [9.17, 15) is 0 Å². The van der Waals surface area contributed by atoms with Crippen molar-refractivity contribution in [3.8, 4) is 0 Å². The lowest BCUT2D eigenvalue weighted by Gasteiger charge is -2.20. The maximum atomic E-state index is 4.19. The second-order valence-corrected chi connectivity index (χ2v) is 5.19. The molecule has 0 aliphatic rings. The molecule has 84 valence electrons. The van der Waals surface area contributed by atoms with Gasteiger partial charge < -0.3 is 5.32 Å². The molecule has 1 N–H and O–H groups in total. The van der Waals surface area contributed by atoms with Crippen LogP contribution in [-0.2, 0) is 6.42 Å². The average molecular weight is 271 g/mol. The van der Waals surface area contributed by atoms with Crippen LogP contribution in [0.15, 0.2) is 22.9 Å². The van der Waals surface area contributed by atoms with Crippen LogP contribution in [0.3, 0.4) is 0 Å². The van der Waals surface area contributed by atoms with E-state index in [4.69, 9.17) is 0 Å². The van der Waals surface area contributed by atoms with Gasteiger partial charge >= 0.3 is 0 Å². The van der Waals surface area contributed by atoms with E-state index in [0.29, 0.717) is 11.8 Å². The minimum atomic E-state index is 0.672. The van der Waals surface area contributed by atoms with E-state index < -0.39 is 0 Å². The first kappa shape index (κ1) is 12.7. The van der Waals surface area contributed by atoms with Gasteiger partial charge in [0, 0.05) is 16.9 Å². The topological polar surface area (TPSA) is 24.9 Å². The molecule has 0 radical (unpaired) electrons. The standard InChI is InChI=1S/C12H19BrN2/c1-9(2)11(7-14-3)4-10-5-12(13)8-15-6-10/h5-6,8-9,11,14H,4,7H2,1-3H3. The number of nitrogens with zero attached hydrogens (tertiary/aromatic N) is 1. The maximum absolute atomic E-state index is 4.19. The molecule has 2 nitrogen and oxygen atoms in total. The predicted molar refractivity (Wildman–Crippen MR) is 67.9 cm³/mol. The quantitative estimate of drug-likeness (QED) is 0.890. The Morgan fingerprint density at radius 2 is 2.13 bits per heavy atom. The monoisotopic (exact) mass is 270 g/mol. The van der Waals surface area contributed by atoms with E-state index in [0.717, 1.165) is 17.4 Å². The van der Waals surface area contributed by atoms with Crippen LogP contribution < -0.4 is 5.32 Å². The molecule has 0 amide bonds. The van der Waals surface area contributed by atoms with Crippen molar-refractivity contribution in [3.63, 3.8) is 0 Å². The Kier molecular flexibility index (Phi) is 5.26. The summed E-state index contributed by atoms with van der Waals surface area (Å²) in [5.41, 5.74) is 1.30. The van der Waals surface area contributed by atoms with Gasteiger partial charge in [-0.05, 0) is 59.4 Å². The molecular formula is C12H19BrN2. The van der Waals surface area contributed by atoms with Crippen molar-refractivity contribution in [2.24, 2.45) is 11.8 Å². The molecule has 3 heteroatoms. The summed E-state index contributed by atoms with van der Waals surface area (Å²) in [5.74, 6) is 1.36. The summed E-state index contributed by atoms with van der Waals surface area (Å²) in [5, 5.41) is 3.25. The molecule has 1 aromatic rings. The Hall–Kier alpha value is -0.410. The fourth-order valence-corrected chi connectivity index (χ4v) is 2.09. The molecule has 0 aliphatic heterocycles. The highest BCUT2D eigenvalue weighted by molar-refractivity contribution is 9.10. The molecule has 0 aromatic carbocycles. The van der Waals surface area contributed by atoms with E-state index in [1.165, 1.54) is 5.56 Å². The van der Waals surface area contributed by atoms with Gasteiger partial charge in [-0.25, -0.2) is 0 Å². The van der Waals surface area contributed by atoms with Crippen LogP contribution in [0.5, 0.6) is 0 Å². The Bertz CT molecular complexity index is 299. The molecule has 0 bridgehead atoms. The largest absolute Gasteiger partial charge is 0.319 e.